The first kappa shape index (κ1) is 28.1. The van der Waals surface area contributed by atoms with E-state index in [0.29, 0.717) is 36.2 Å². The number of hydrogen-bond donors (Lipinski definition) is 3. The molecule has 1 saturated carbocycles. The Morgan fingerprint density at radius 1 is 1.17 bits per heavy atom. The van der Waals surface area contributed by atoms with E-state index in [9.17, 15) is 24.9 Å². The number of carbonyl (C=O) groups excluding carboxylic acids is 1. The minimum atomic E-state index is -2.41. The third-order valence-corrected chi connectivity index (χ3v) is 10.0. The summed E-state index contributed by atoms with van der Waals surface area (Å²) < 4.78 is 6.51. The summed E-state index contributed by atoms with van der Waals surface area (Å²) in [6.07, 6.45) is 6.99. The number of aliphatic carboxylic acids is 1. The highest BCUT2D eigenvalue weighted by Crippen LogP contribution is 2.47. The van der Waals surface area contributed by atoms with Gasteiger partial charge in [0.1, 0.15) is 5.75 Å². The van der Waals surface area contributed by atoms with Gasteiger partial charge in [0.2, 0.25) is 5.91 Å². The number of aliphatic hydroxyl groups excluding tert-OH is 1. The first-order valence-electron chi connectivity index (χ1n) is 14.5. The van der Waals surface area contributed by atoms with Crippen LogP contribution in [0.15, 0.2) is 48.6 Å². The molecule has 2 bridgehead atoms. The number of aryl methyl sites for hydroxylation is 1. The van der Waals surface area contributed by atoms with Crippen molar-refractivity contribution in [3.05, 3.63) is 70.3 Å². The quantitative estimate of drug-likeness (QED) is 0.439. The van der Waals surface area contributed by atoms with Gasteiger partial charge in [0.05, 0.1) is 24.8 Å². The fraction of sp³-hybridized carbons (Fsp3) is 0.500. The van der Waals surface area contributed by atoms with Crippen LogP contribution in [0.25, 0.3) is 0 Å². The lowest BCUT2D eigenvalue weighted by Crippen LogP contribution is -2.49. The van der Waals surface area contributed by atoms with Crippen molar-refractivity contribution < 1.29 is 29.6 Å². The van der Waals surface area contributed by atoms with Gasteiger partial charge in [-0.2, -0.15) is 0 Å². The van der Waals surface area contributed by atoms with Gasteiger partial charge in [0.15, 0.2) is 5.60 Å². The first-order valence-corrected chi connectivity index (χ1v) is 14.8. The van der Waals surface area contributed by atoms with E-state index in [1.54, 1.807) is 37.4 Å². The average Bonchev–Trinajstić information content (AvgIpc) is 3.07. The molecule has 1 fully saturated rings. The molecule has 1 amide bonds. The zero-order valence-electron chi connectivity index (χ0n) is 23.3. The molecule has 2 aliphatic carbocycles. The number of likely N-dealkylation sites (N-methyl/N-ethyl adjacent to an activating group) is 1. The minimum absolute atomic E-state index is 0.0811. The Labute approximate surface area is 245 Å². The second kappa shape index (κ2) is 10.6. The van der Waals surface area contributed by atoms with Crippen LogP contribution in [0.5, 0.6) is 5.75 Å². The monoisotopic (exact) mass is 580 g/mol. The summed E-state index contributed by atoms with van der Waals surface area (Å²) in [5.41, 5.74) is 0.572. The molecule has 0 unspecified atom stereocenters. The van der Waals surface area contributed by atoms with Gasteiger partial charge in [0, 0.05) is 37.1 Å². The van der Waals surface area contributed by atoms with Crippen molar-refractivity contribution in [3.8, 4) is 5.75 Å². The number of carboxylic acids is 1. The molecular formula is C32H37ClN2O6. The first-order chi connectivity index (χ1) is 19.6. The molecule has 0 saturated heterocycles. The number of fused-ring (bicyclic) bond motifs is 4. The molecule has 41 heavy (non-hydrogen) atoms. The van der Waals surface area contributed by atoms with Gasteiger partial charge < -0.3 is 29.9 Å². The van der Waals surface area contributed by atoms with Crippen LogP contribution in [0.2, 0.25) is 5.02 Å². The van der Waals surface area contributed by atoms with E-state index in [4.69, 9.17) is 16.3 Å². The van der Waals surface area contributed by atoms with Crippen LogP contribution in [0.4, 0.5) is 5.69 Å². The number of anilines is 1. The predicted molar refractivity (Wildman–Crippen MR) is 155 cm³/mol. The second-order valence-corrected chi connectivity index (χ2v) is 12.8. The normalized spacial score (nSPS) is 32.4. The van der Waals surface area contributed by atoms with Gasteiger partial charge in [-0.3, -0.25) is 4.79 Å². The number of benzene rings is 2. The summed E-state index contributed by atoms with van der Waals surface area (Å²) in [4.78, 5) is 29.1. The third-order valence-electron chi connectivity index (χ3n) is 9.78. The second-order valence-electron chi connectivity index (χ2n) is 12.3. The number of hydrogen-bond acceptors (Lipinski definition) is 6. The van der Waals surface area contributed by atoms with Crippen molar-refractivity contribution in [1.29, 1.82) is 0 Å². The summed E-state index contributed by atoms with van der Waals surface area (Å²) in [5.74, 6) is -1.08. The lowest BCUT2D eigenvalue weighted by molar-refractivity contribution is -0.164. The van der Waals surface area contributed by atoms with Crippen molar-refractivity contribution in [2.45, 2.75) is 55.6 Å². The summed E-state index contributed by atoms with van der Waals surface area (Å²) >= 11 is 6.37. The number of carboxylic acid groups (broad SMARTS) is 1. The van der Waals surface area contributed by atoms with Crippen LogP contribution < -0.4 is 9.64 Å². The Balaban J connectivity index is 1.47. The molecule has 1 spiro atoms. The lowest BCUT2D eigenvalue weighted by atomic mass is 9.68. The van der Waals surface area contributed by atoms with E-state index in [2.05, 4.69) is 11.0 Å². The summed E-state index contributed by atoms with van der Waals surface area (Å²) in [5, 5.41) is 33.4. The van der Waals surface area contributed by atoms with Gasteiger partial charge in [-0.05, 0) is 84.9 Å². The molecule has 6 rings (SSSR count). The lowest BCUT2D eigenvalue weighted by Gasteiger charge is -2.45. The zero-order valence-corrected chi connectivity index (χ0v) is 24.0. The number of amides is 1. The van der Waals surface area contributed by atoms with Gasteiger partial charge in [-0.15, -0.1) is 0 Å². The van der Waals surface area contributed by atoms with Crippen molar-refractivity contribution >= 4 is 29.2 Å². The van der Waals surface area contributed by atoms with Gasteiger partial charge in [-0.1, -0.05) is 35.9 Å². The smallest absolute Gasteiger partial charge is 0.340 e. The van der Waals surface area contributed by atoms with Gasteiger partial charge >= 0.3 is 5.97 Å². The van der Waals surface area contributed by atoms with Crippen LogP contribution in [0, 0.1) is 11.8 Å². The standard InChI is InChI=1S/C32H37ClN2O6/c1-34-13-3-5-27(36)24-9-6-21(24)17-35-18-31(12-2-4-20-14-23(33)8-10-25(20)31)19-41-28-11-7-22(15-26(28)35)32(40,30(38)39)16-29(34)37/h3,5,7-8,10-11,14-15,21,24,27,36,40H,2,4,6,9,12-13,16-19H2,1H3,(H,38,39)/b5-3-/t21-,24+,27-,31-,32-/m0/s1. The molecule has 2 heterocycles. The van der Waals surface area contributed by atoms with E-state index < -0.39 is 30.0 Å². The van der Waals surface area contributed by atoms with Crippen LogP contribution in [0.1, 0.15) is 48.8 Å². The Kier molecular flexibility index (Phi) is 7.29. The number of halogens is 1. The summed E-state index contributed by atoms with van der Waals surface area (Å²) in [6, 6.07) is 11.0. The highest BCUT2D eigenvalue weighted by atomic mass is 35.5. The Hall–Kier alpha value is -3.07. The van der Waals surface area contributed by atoms with E-state index >= 15 is 0 Å². The van der Waals surface area contributed by atoms with Crippen molar-refractivity contribution in [3.63, 3.8) is 0 Å². The molecule has 218 valence electrons. The number of ether oxygens (including phenoxy) is 1. The molecule has 3 N–H and O–H groups in total. The molecule has 0 radical (unpaired) electrons. The SMILES string of the molecule is CN1C/C=C\[C@H](O)[C@@H]2CC[C@H]2CN2C[C@@]3(CCCc4cc(Cl)ccc43)COc3ccc(cc32)[C@](O)(C(=O)O)CC1=O. The topological polar surface area (TPSA) is 111 Å². The molecule has 8 nitrogen and oxygen atoms in total. The van der Waals surface area contributed by atoms with Crippen LogP contribution in [-0.4, -0.2) is 71.5 Å². The Bertz CT molecular complexity index is 1400. The number of nitrogens with zero attached hydrogens (tertiary/aromatic N) is 2. The molecule has 4 aliphatic rings. The van der Waals surface area contributed by atoms with Crippen molar-refractivity contribution in [2.24, 2.45) is 11.8 Å². The summed E-state index contributed by atoms with van der Waals surface area (Å²) in [7, 11) is 1.56. The van der Waals surface area contributed by atoms with E-state index in [1.165, 1.54) is 16.0 Å². The number of aliphatic hydroxyl groups is 2. The maximum absolute atomic E-state index is 13.0. The predicted octanol–water partition coefficient (Wildman–Crippen LogP) is 3.89. The number of rotatable bonds is 1. The van der Waals surface area contributed by atoms with E-state index in [-0.39, 0.29) is 29.4 Å². The van der Waals surface area contributed by atoms with E-state index in [1.807, 2.05) is 12.1 Å². The Morgan fingerprint density at radius 2 is 2.00 bits per heavy atom. The van der Waals surface area contributed by atoms with Crippen LogP contribution in [-0.2, 0) is 27.0 Å². The van der Waals surface area contributed by atoms with Gasteiger partial charge in [-0.25, -0.2) is 4.79 Å². The maximum atomic E-state index is 13.0. The number of carbonyl (C=O) groups is 2. The van der Waals surface area contributed by atoms with Crippen molar-refractivity contribution in [1.82, 2.24) is 4.90 Å². The fourth-order valence-corrected chi connectivity index (χ4v) is 7.38. The average molecular weight is 581 g/mol. The molecule has 5 atom stereocenters. The van der Waals surface area contributed by atoms with Crippen molar-refractivity contribution in [2.75, 3.05) is 38.2 Å². The van der Waals surface area contributed by atoms with E-state index in [0.717, 1.165) is 32.1 Å². The largest absolute Gasteiger partial charge is 0.490 e. The van der Waals surface area contributed by atoms with Crippen LogP contribution in [0.3, 0.4) is 0 Å². The highest BCUT2D eigenvalue weighted by molar-refractivity contribution is 6.30. The molecule has 9 heteroatoms. The Morgan fingerprint density at radius 3 is 2.76 bits per heavy atom. The molecule has 0 aromatic heterocycles. The zero-order chi connectivity index (χ0) is 28.9. The molecule has 2 aromatic carbocycles. The molecule has 2 aromatic rings. The minimum Gasteiger partial charge on any atom is -0.490 e. The van der Waals surface area contributed by atoms with Gasteiger partial charge in [0.25, 0.3) is 0 Å². The maximum Gasteiger partial charge on any atom is 0.340 e. The third kappa shape index (κ3) is 5.00. The fourth-order valence-electron chi connectivity index (χ4n) is 7.18. The van der Waals surface area contributed by atoms with Crippen LogP contribution >= 0.6 is 11.6 Å². The molecule has 2 aliphatic heterocycles. The highest BCUT2D eigenvalue weighted by Gasteiger charge is 2.46. The summed E-state index contributed by atoms with van der Waals surface area (Å²) in [6.45, 7) is 1.96. The molecular weight excluding hydrogens is 544 g/mol.